The minimum atomic E-state index is -0.474. The number of piperidine rings is 1. The number of nitrogen functional groups attached to an aromatic ring is 1. The number of nitrogens with zero attached hydrogens (tertiary/aromatic N) is 7. The van der Waals surface area contributed by atoms with Crippen LogP contribution in [0.4, 0.5) is 10.2 Å². The maximum atomic E-state index is 13.8. The molecule has 0 radical (unpaired) electrons. The molecule has 11 heteroatoms. The third-order valence-corrected chi connectivity index (χ3v) is 7.34. The van der Waals surface area contributed by atoms with Crippen LogP contribution in [0.5, 0.6) is 0 Å². The van der Waals surface area contributed by atoms with Crippen molar-refractivity contribution in [2.75, 3.05) is 26.4 Å². The third-order valence-electron chi connectivity index (χ3n) is 7.34. The van der Waals surface area contributed by atoms with Crippen LogP contribution in [0.2, 0.25) is 0 Å². The number of carbonyl (C=O) groups is 1. The Balaban J connectivity index is 1.46. The summed E-state index contributed by atoms with van der Waals surface area (Å²) in [5.74, 6) is 0.686. The molecule has 4 aromatic heterocycles. The van der Waals surface area contributed by atoms with Crippen molar-refractivity contribution in [3.8, 4) is 17.1 Å². The first-order chi connectivity index (χ1) is 19.8. The van der Waals surface area contributed by atoms with E-state index < -0.39 is 5.82 Å². The van der Waals surface area contributed by atoms with Gasteiger partial charge in [-0.05, 0) is 48.9 Å². The van der Waals surface area contributed by atoms with E-state index >= 15 is 0 Å². The lowest BCUT2D eigenvalue weighted by atomic mass is 10.0. The molecule has 0 saturated carbocycles. The molecule has 1 atom stereocenters. The lowest BCUT2D eigenvalue weighted by Crippen LogP contribution is -2.38. The number of imidazole rings is 1. The van der Waals surface area contributed by atoms with Gasteiger partial charge < -0.3 is 15.5 Å². The van der Waals surface area contributed by atoms with Crippen molar-refractivity contribution in [2.45, 2.75) is 25.3 Å². The normalized spacial score (nSPS) is 15.7. The predicted octanol–water partition coefficient (Wildman–Crippen LogP) is 3.95. The van der Waals surface area contributed by atoms with Crippen LogP contribution in [-0.4, -0.2) is 60.3 Å². The molecular weight excluding hydrogens is 523 g/mol. The van der Waals surface area contributed by atoms with E-state index in [2.05, 4.69) is 9.97 Å². The van der Waals surface area contributed by atoms with E-state index in [1.807, 2.05) is 46.6 Å². The van der Waals surface area contributed by atoms with Crippen LogP contribution in [0.15, 0.2) is 78.3 Å². The quantitative estimate of drug-likeness (QED) is 0.329. The summed E-state index contributed by atoms with van der Waals surface area (Å²) in [5, 5.41) is 1.14. The van der Waals surface area contributed by atoms with Crippen LogP contribution in [-0.2, 0) is 4.79 Å². The second-order valence-corrected chi connectivity index (χ2v) is 10.3. The van der Waals surface area contributed by atoms with Crippen LogP contribution in [0.3, 0.4) is 0 Å². The lowest BCUT2D eigenvalue weighted by molar-refractivity contribution is -0.130. The Hall–Kier alpha value is -5.06. The Morgan fingerprint density at radius 3 is 2.76 bits per heavy atom. The minimum Gasteiger partial charge on any atom is -0.383 e. The van der Waals surface area contributed by atoms with Crippen molar-refractivity contribution in [3.05, 3.63) is 95.5 Å². The van der Waals surface area contributed by atoms with E-state index in [4.69, 9.17) is 10.7 Å². The van der Waals surface area contributed by atoms with Gasteiger partial charge in [0.2, 0.25) is 5.91 Å². The number of carbonyl (C=O) groups excluding carboxylic acids is 1. The van der Waals surface area contributed by atoms with Gasteiger partial charge in [0.05, 0.1) is 6.04 Å². The molecule has 0 spiro atoms. The van der Waals surface area contributed by atoms with E-state index in [1.165, 1.54) is 22.9 Å². The van der Waals surface area contributed by atoms with E-state index in [0.717, 1.165) is 24.8 Å². The number of halogens is 1. The summed E-state index contributed by atoms with van der Waals surface area (Å²) >= 11 is 0. The van der Waals surface area contributed by atoms with Gasteiger partial charge in [-0.15, -0.1) is 0 Å². The van der Waals surface area contributed by atoms with Crippen molar-refractivity contribution >= 4 is 28.0 Å². The van der Waals surface area contributed by atoms with Gasteiger partial charge in [-0.25, -0.2) is 19.3 Å². The SMILES string of the molecule is CN(C)/C=C/C(=O)N1CCCCC1c1nc(-c2ccc3c(=O)n(-c4cc(F)ccn4)ccc3c2)c2c(N)nccn12. The highest BCUT2D eigenvalue weighted by Crippen LogP contribution is 2.36. The summed E-state index contributed by atoms with van der Waals surface area (Å²) in [5.41, 5.74) is 8.08. The van der Waals surface area contributed by atoms with E-state index in [0.29, 0.717) is 40.2 Å². The number of rotatable bonds is 5. The second-order valence-electron chi connectivity index (χ2n) is 10.3. The molecule has 1 unspecified atom stereocenters. The van der Waals surface area contributed by atoms with E-state index in [1.54, 1.807) is 36.8 Å². The second kappa shape index (κ2) is 10.5. The van der Waals surface area contributed by atoms with Gasteiger partial charge in [0.25, 0.3) is 5.56 Å². The molecule has 1 aromatic carbocycles. The smallest absolute Gasteiger partial charge is 0.264 e. The molecule has 1 amide bonds. The number of amides is 1. The topological polar surface area (TPSA) is 115 Å². The predicted molar refractivity (Wildman–Crippen MR) is 155 cm³/mol. The van der Waals surface area contributed by atoms with Gasteiger partial charge in [-0.2, -0.15) is 0 Å². The zero-order valence-corrected chi connectivity index (χ0v) is 22.7. The van der Waals surface area contributed by atoms with Gasteiger partial charge in [-0.3, -0.25) is 18.6 Å². The van der Waals surface area contributed by atoms with Crippen LogP contribution in [0, 0.1) is 5.82 Å². The largest absolute Gasteiger partial charge is 0.383 e. The molecule has 10 nitrogen and oxygen atoms in total. The number of aromatic nitrogens is 5. The number of pyridine rings is 2. The fraction of sp³-hybridized carbons (Fsp3) is 0.233. The molecule has 41 heavy (non-hydrogen) atoms. The standard InChI is InChI=1S/C30H29FN8O2/c1-36(2)14-10-25(40)37-13-4-3-5-23(37)29-35-26(27-28(32)34-12-16-39(27)29)20-6-7-22-19(17-20)9-15-38(30(22)41)24-18-21(31)8-11-33-24/h6-12,14-18,23H,3-5,13H2,1-2H3,(H2,32,34)/b14-10+. The van der Waals surface area contributed by atoms with Gasteiger partial charge >= 0.3 is 0 Å². The Bertz CT molecular complexity index is 1880. The van der Waals surface area contributed by atoms with Crippen LogP contribution < -0.4 is 11.3 Å². The highest BCUT2D eigenvalue weighted by Gasteiger charge is 2.31. The number of nitrogens with two attached hydrogens (primary N) is 1. The summed E-state index contributed by atoms with van der Waals surface area (Å²) in [6.45, 7) is 0.633. The highest BCUT2D eigenvalue weighted by atomic mass is 19.1. The Morgan fingerprint density at radius 1 is 1.10 bits per heavy atom. The van der Waals surface area contributed by atoms with E-state index in [-0.39, 0.29) is 23.3 Å². The number of fused-ring (bicyclic) bond motifs is 2. The Kier molecular flexibility index (Phi) is 6.70. The van der Waals surface area contributed by atoms with Gasteiger partial charge in [0, 0.05) is 74.7 Å². The number of benzene rings is 1. The summed E-state index contributed by atoms with van der Waals surface area (Å²) in [6, 6.07) is 9.41. The molecule has 6 rings (SSSR count). The molecule has 1 fully saturated rings. The summed E-state index contributed by atoms with van der Waals surface area (Å²) in [7, 11) is 3.75. The maximum absolute atomic E-state index is 13.8. The molecule has 1 saturated heterocycles. The number of anilines is 1. The average molecular weight is 553 g/mol. The zero-order valence-electron chi connectivity index (χ0n) is 22.7. The molecule has 5 heterocycles. The molecule has 5 aromatic rings. The Morgan fingerprint density at radius 2 is 1.95 bits per heavy atom. The van der Waals surface area contributed by atoms with Crippen molar-refractivity contribution in [2.24, 2.45) is 0 Å². The summed E-state index contributed by atoms with van der Waals surface area (Å²) < 4.78 is 17.0. The number of likely N-dealkylation sites (tertiary alicyclic amines) is 1. The molecular formula is C30H29FN8O2. The van der Waals surface area contributed by atoms with Crippen molar-refractivity contribution < 1.29 is 9.18 Å². The highest BCUT2D eigenvalue weighted by molar-refractivity contribution is 5.92. The third kappa shape index (κ3) is 4.79. The minimum absolute atomic E-state index is 0.0708. The van der Waals surface area contributed by atoms with Crippen LogP contribution >= 0.6 is 0 Å². The first-order valence-corrected chi connectivity index (χ1v) is 13.4. The summed E-state index contributed by atoms with van der Waals surface area (Å²) in [4.78, 5) is 43.6. The molecule has 1 aliphatic rings. The first-order valence-electron chi connectivity index (χ1n) is 13.4. The monoisotopic (exact) mass is 552 g/mol. The van der Waals surface area contributed by atoms with E-state index in [9.17, 15) is 14.0 Å². The summed E-state index contributed by atoms with van der Waals surface area (Å²) in [6.07, 6.45) is 12.3. The maximum Gasteiger partial charge on any atom is 0.264 e. The molecule has 2 N–H and O–H groups in total. The number of hydrogen-bond donors (Lipinski definition) is 1. The van der Waals surface area contributed by atoms with Gasteiger partial charge in [0.1, 0.15) is 34.5 Å². The fourth-order valence-corrected chi connectivity index (χ4v) is 5.40. The Labute approximate surface area is 235 Å². The van der Waals surface area contributed by atoms with Crippen LogP contribution in [0.25, 0.3) is 33.4 Å². The van der Waals surface area contributed by atoms with Crippen molar-refractivity contribution in [1.29, 1.82) is 0 Å². The molecule has 0 bridgehead atoms. The zero-order chi connectivity index (χ0) is 28.7. The average Bonchev–Trinajstić information content (AvgIpc) is 3.37. The molecule has 208 valence electrons. The van der Waals surface area contributed by atoms with Gasteiger partial charge in [-0.1, -0.05) is 6.07 Å². The molecule has 1 aliphatic heterocycles. The fourth-order valence-electron chi connectivity index (χ4n) is 5.40. The first kappa shape index (κ1) is 26.2. The van der Waals surface area contributed by atoms with Crippen LogP contribution in [0.1, 0.15) is 31.1 Å². The van der Waals surface area contributed by atoms with Crippen molar-refractivity contribution in [1.82, 2.24) is 33.7 Å². The van der Waals surface area contributed by atoms with Gasteiger partial charge in [0.15, 0.2) is 0 Å². The number of hydrogen-bond acceptors (Lipinski definition) is 7. The van der Waals surface area contributed by atoms with Crippen molar-refractivity contribution in [3.63, 3.8) is 0 Å². The molecule has 0 aliphatic carbocycles. The lowest BCUT2D eigenvalue weighted by Gasteiger charge is -2.34.